The van der Waals surface area contributed by atoms with Crippen LogP contribution in [0.2, 0.25) is 0 Å². The lowest BCUT2D eigenvalue weighted by Crippen LogP contribution is -2.48. The lowest BCUT2D eigenvalue weighted by Gasteiger charge is -2.34. The number of rotatable bonds is 4. The van der Waals surface area contributed by atoms with Gasteiger partial charge in [-0.15, -0.1) is 11.3 Å². The highest BCUT2D eigenvalue weighted by Gasteiger charge is 2.24. The zero-order chi connectivity index (χ0) is 22.9. The number of aryl methyl sites for hydroxylation is 2. The number of H-pyrrole nitrogens is 1. The van der Waals surface area contributed by atoms with Crippen LogP contribution in [-0.2, 0) is 24.2 Å². The van der Waals surface area contributed by atoms with Crippen molar-refractivity contribution in [1.29, 1.82) is 0 Å². The van der Waals surface area contributed by atoms with Crippen molar-refractivity contribution in [2.24, 2.45) is 0 Å². The lowest BCUT2D eigenvalue weighted by atomic mass is 9.97. The summed E-state index contributed by atoms with van der Waals surface area (Å²) >= 11 is 1.67. The number of hydrogen-bond acceptors (Lipinski definition) is 6. The molecule has 1 aliphatic carbocycles. The van der Waals surface area contributed by atoms with Crippen molar-refractivity contribution < 1.29 is 9.59 Å². The molecule has 0 unspecified atom stereocenters. The van der Waals surface area contributed by atoms with E-state index in [1.165, 1.54) is 23.8 Å². The minimum Gasteiger partial charge on any atom is -0.336 e. The van der Waals surface area contributed by atoms with Crippen molar-refractivity contribution in [3.05, 3.63) is 56.4 Å². The van der Waals surface area contributed by atoms with E-state index in [1.54, 1.807) is 35.6 Å². The molecular formula is C24H27N5O3S. The number of carbonyl (C=O) groups excluding carboxylic acids is 2. The van der Waals surface area contributed by atoms with Gasteiger partial charge in [0.1, 0.15) is 10.7 Å². The fourth-order valence-electron chi connectivity index (χ4n) is 4.72. The summed E-state index contributed by atoms with van der Waals surface area (Å²) in [5.74, 6) is 0.480. The van der Waals surface area contributed by atoms with E-state index in [2.05, 4.69) is 15.2 Å². The number of anilines is 1. The Balaban J connectivity index is 1.24. The van der Waals surface area contributed by atoms with E-state index >= 15 is 0 Å². The summed E-state index contributed by atoms with van der Waals surface area (Å²) in [5, 5.41) is 3.50. The van der Waals surface area contributed by atoms with Crippen LogP contribution >= 0.6 is 11.3 Å². The number of aromatic amines is 1. The van der Waals surface area contributed by atoms with Crippen molar-refractivity contribution in [3.8, 4) is 0 Å². The van der Waals surface area contributed by atoms with E-state index in [9.17, 15) is 14.4 Å². The number of piperazine rings is 1. The van der Waals surface area contributed by atoms with Gasteiger partial charge in [0.25, 0.3) is 11.5 Å². The van der Waals surface area contributed by atoms with Gasteiger partial charge in [-0.3, -0.25) is 19.3 Å². The third-order valence-corrected chi connectivity index (χ3v) is 7.52. The first-order chi connectivity index (χ1) is 16.0. The number of fused-ring (bicyclic) bond motifs is 3. The van der Waals surface area contributed by atoms with Crippen LogP contribution < -0.4 is 10.9 Å². The Hall–Kier alpha value is -3.04. The van der Waals surface area contributed by atoms with Gasteiger partial charge in [0, 0.05) is 49.2 Å². The highest BCUT2D eigenvalue weighted by atomic mass is 32.1. The molecule has 2 aliphatic rings. The number of aromatic nitrogens is 2. The topological polar surface area (TPSA) is 98.4 Å². The van der Waals surface area contributed by atoms with Crippen LogP contribution in [0.3, 0.4) is 0 Å². The van der Waals surface area contributed by atoms with Crippen LogP contribution in [-0.4, -0.2) is 57.8 Å². The van der Waals surface area contributed by atoms with Crippen LogP contribution in [0.25, 0.3) is 10.2 Å². The number of amides is 2. The maximum atomic E-state index is 12.9. The molecule has 8 nitrogen and oxygen atoms in total. The van der Waals surface area contributed by atoms with Gasteiger partial charge < -0.3 is 15.2 Å². The molecular weight excluding hydrogens is 438 g/mol. The fraction of sp³-hybridized carbons (Fsp3) is 0.417. The maximum absolute atomic E-state index is 12.9. The normalized spacial score (nSPS) is 16.6. The van der Waals surface area contributed by atoms with Crippen molar-refractivity contribution >= 4 is 39.1 Å². The molecule has 0 radical (unpaired) electrons. The molecule has 0 atom stereocenters. The van der Waals surface area contributed by atoms with Gasteiger partial charge in [-0.2, -0.15) is 0 Å². The zero-order valence-electron chi connectivity index (χ0n) is 18.6. The molecule has 1 aliphatic heterocycles. The van der Waals surface area contributed by atoms with Gasteiger partial charge in [-0.1, -0.05) is 6.07 Å². The second-order valence-corrected chi connectivity index (χ2v) is 9.82. The number of thiophene rings is 1. The zero-order valence-corrected chi connectivity index (χ0v) is 19.5. The predicted molar refractivity (Wildman–Crippen MR) is 129 cm³/mol. The molecule has 33 heavy (non-hydrogen) atoms. The summed E-state index contributed by atoms with van der Waals surface area (Å²) in [6.07, 6.45) is 4.35. The quantitative estimate of drug-likeness (QED) is 0.617. The van der Waals surface area contributed by atoms with Crippen LogP contribution in [0, 0.1) is 0 Å². The van der Waals surface area contributed by atoms with Crippen LogP contribution in [0.4, 0.5) is 5.69 Å². The van der Waals surface area contributed by atoms with Crippen molar-refractivity contribution in [2.45, 2.75) is 39.2 Å². The highest BCUT2D eigenvalue weighted by Crippen LogP contribution is 2.33. The maximum Gasteiger partial charge on any atom is 0.259 e. The lowest BCUT2D eigenvalue weighted by molar-refractivity contribution is -0.114. The van der Waals surface area contributed by atoms with Gasteiger partial charge >= 0.3 is 0 Å². The predicted octanol–water partition coefficient (Wildman–Crippen LogP) is 2.78. The molecule has 0 spiro atoms. The van der Waals surface area contributed by atoms with Crippen molar-refractivity contribution in [3.63, 3.8) is 0 Å². The Morgan fingerprint density at radius 1 is 1.15 bits per heavy atom. The summed E-state index contributed by atoms with van der Waals surface area (Å²) in [5.41, 5.74) is 2.36. The Morgan fingerprint density at radius 2 is 1.94 bits per heavy atom. The molecule has 1 saturated heterocycles. The first-order valence-corrected chi connectivity index (χ1v) is 12.2. The molecule has 1 aromatic carbocycles. The highest BCUT2D eigenvalue weighted by molar-refractivity contribution is 7.18. The molecule has 5 rings (SSSR count). The Bertz CT molecular complexity index is 1270. The first-order valence-electron chi connectivity index (χ1n) is 11.4. The molecule has 9 heteroatoms. The third kappa shape index (κ3) is 4.56. The standard InChI is InChI=1S/C24H27N5O3S/c1-15(30)25-17-6-4-5-16(13-17)24(32)29-11-9-28(10-12-29)14-20-26-22(31)21-18-7-2-3-8-19(18)33-23(21)27-20/h4-6,13H,2-3,7-12,14H2,1H3,(H,25,30)(H,26,27,31). The van der Waals surface area contributed by atoms with E-state index in [0.717, 1.165) is 29.5 Å². The summed E-state index contributed by atoms with van der Waals surface area (Å²) in [7, 11) is 0. The van der Waals surface area contributed by atoms with Gasteiger partial charge in [-0.25, -0.2) is 4.98 Å². The summed E-state index contributed by atoms with van der Waals surface area (Å²) < 4.78 is 0. The Morgan fingerprint density at radius 3 is 2.73 bits per heavy atom. The van der Waals surface area contributed by atoms with E-state index in [4.69, 9.17) is 4.98 Å². The van der Waals surface area contributed by atoms with E-state index < -0.39 is 0 Å². The summed E-state index contributed by atoms with van der Waals surface area (Å²) in [6, 6.07) is 7.02. The molecule has 0 saturated carbocycles. The Labute approximate surface area is 195 Å². The molecule has 2 amide bonds. The summed E-state index contributed by atoms with van der Waals surface area (Å²) in [6.45, 7) is 4.62. The molecule has 2 N–H and O–H groups in total. The number of benzene rings is 1. The van der Waals surface area contributed by atoms with Gasteiger partial charge in [-0.05, 0) is 49.4 Å². The van der Waals surface area contributed by atoms with Crippen molar-refractivity contribution in [1.82, 2.24) is 19.8 Å². The monoisotopic (exact) mass is 465 g/mol. The van der Waals surface area contributed by atoms with E-state index in [-0.39, 0.29) is 17.4 Å². The second kappa shape index (κ2) is 9.07. The molecule has 1 fully saturated rings. The smallest absolute Gasteiger partial charge is 0.259 e. The Kier molecular flexibility index (Phi) is 5.99. The largest absolute Gasteiger partial charge is 0.336 e. The molecule has 3 aromatic rings. The first kappa shape index (κ1) is 21.8. The van der Waals surface area contributed by atoms with E-state index in [1.807, 2.05) is 4.90 Å². The molecule has 0 bridgehead atoms. The third-order valence-electron chi connectivity index (χ3n) is 6.34. The van der Waals surface area contributed by atoms with Gasteiger partial charge in [0.05, 0.1) is 11.9 Å². The van der Waals surface area contributed by atoms with Crippen LogP contribution in [0.1, 0.15) is 46.4 Å². The van der Waals surface area contributed by atoms with E-state index in [0.29, 0.717) is 49.8 Å². The number of hydrogen-bond donors (Lipinski definition) is 2. The SMILES string of the molecule is CC(=O)Nc1cccc(C(=O)N2CCN(Cc3nc4sc5c(c4c(=O)[nH]3)CCCC5)CC2)c1. The number of nitrogens with one attached hydrogen (secondary N) is 2. The molecule has 172 valence electrons. The average molecular weight is 466 g/mol. The summed E-state index contributed by atoms with van der Waals surface area (Å²) in [4.78, 5) is 51.0. The minimum absolute atomic E-state index is 0.0257. The number of nitrogens with zero attached hydrogens (tertiary/aromatic N) is 3. The minimum atomic E-state index is -0.166. The average Bonchev–Trinajstić information content (AvgIpc) is 3.18. The van der Waals surface area contributed by atoms with Crippen molar-refractivity contribution in [2.75, 3.05) is 31.5 Å². The van der Waals surface area contributed by atoms with Crippen LogP contribution in [0.5, 0.6) is 0 Å². The molecule has 3 heterocycles. The van der Waals surface area contributed by atoms with Gasteiger partial charge in [0.15, 0.2) is 0 Å². The van der Waals surface area contributed by atoms with Crippen LogP contribution in [0.15, 0.2) is 29.1 Å². The van der Waals surface area contributed by atoms with Gasteiger partial charge in [0.2, 0.25) is 5.91 Å². The molecule has 2 aromatic heterocycles. The fourth-order valence-corrected chi connectivity index (χ4v) is 6.00. The second-order valence-electron chi connectivity index (χ2n) is 8.73. The number of carbonyl (C=O) groups is 2.